The summed E-state index contributed by atoms with van der Waals surface area (Å²) in [5.41, 5.74) is 0.968. The van der Waals surface area contributed by atoms with Gasteiger partial charge < -0.3 is 4.90 Å². The van der Waals surface area contributed by atoms with E-state index in [-0.39, 0.29) is 17.8 Å². The van der Waals surface area contributed by atoms with Crippen LogP contribution in [0, 0.1) is 6.92 Å². The van der Waals surface area contributed by atoms with Gasteiger partial charge in [-0.1, -0.05) is 23.7 Å². The van der Waals surface area contributed by atoms with Gasteiger partial charge in [0.25, 0.3) is 5.91 Å². The third-order valence-corrected chi connectivity index (χ3v) is 3.26. The Morgan fingerprint density at radius 1 is 1.47 bits per heavy atom. The molecule has 0 saturated heterocycles. The summed E-state index contributed by atoms with van der Waals surface area (Å²) in [4.78, 5) is 17.8. The molecule has 1 heterocycles. The molecule has 0 aliphatic carbocycles. The molecule has 1 unspecified atom stereocenters. The molecule has 5 nitrogen and oxygen atoms in total. The molecule has 2 aromatic rings. The van der Waals surface area contributed by atoms with Crippen LogP contribution >= 0.6 is 11.6 Å². The number of nitrogens with one attached hydrogen (secondary N) is 1. The minimum Gasteiger partial charge on any atom is -0.332 e. The second-order valence-electron chi connectivity index (χ2n) is 4.39. The van der Waals surface area contributed by atoms with E-state index in [0.717, 1.165) is 5.56 Å². The summed E-state index contributed by atoms with van der Waals surface area (Å²) < 4.78 is 0. The number of H-pyrrole nitrogens is 1. The molecule has 1 amide bonds. The van der Waals surface area contributed by atoms with Crippen LogP contribution in [0.2, 0.25) is 5.02 Å². The summed E-state index contributed by atoms with van der Waals surface area (Å²) in [6.07, 6.45) is 0. The number of amides is 1. The molecule has 100 valence electrons. The van der Waals surface area contributed by atoms with Crippen molar-refractivity contribution in [1.29, 1.82) is 0 Å². The van der Waals surface area contributed by atoms with Crippen LogP contribution in [0.1, 0.15) is 35.0 Å². The first-order chi connectivity index (χ1) is 8.99. The summed E-state index contributed by atoms with van der Waals surface area (Å²) in [7, 11) is 1.72. The molecule has 0 aliphatic rings. The van der Waals surface area contributed by atoms with Gasteiger partial charge in [0.1, 0.15) is 5.82 Å². The van der Waals surface area contributed by atoms with E-state index in [4.69, 9.17) is 11.6 Å². The van der Waals surface area contributed by atoms with Crippen molar-refractivity contribution in [2.45, 2.75) is 19.9 Å². The van der Waals surface area contributed by atoms with Crippen molar-refractivity contribution in [3.63, 3.8) is 0 Å². The van der Waals surface area contributed by atoms with Crippen molar-refractivity contribution in [2.24, 2.45) is 0 Å². The lowest BCUT2D eigenvalue weighted by Crippen LogP contribution is -2.30. The highest BCUT2D eigenvalue weighted by Crippen LogP contribution is 2.22. The minimum atomic E-state index is -0.225. The second-order valence-corrected chi connectivity index (χ2v) is 4.83. The maximum Gasteiger partial charge on any atom is 0.293 e. The number of benzene rings is 1. The van der Waals surface area contributed by atoms with E-state index in [1.54, 1.807) is 24.9 Å². The fraction of sp³-hybridized carbons (Fsp3) is 0.308. The van der Waals surface area contributed by atoms with E-state index in [1.165, 1.54) is 0 Å². The van der Waals surface area contributed by atoms with Gasteiger partial charge in [-0.05, 0) is 31.5 Å². The molecule has 19 heavy (non-hydrogen) atoms. The smallest absolute Gasteiger partial charge is 0.293 e. The zero-order valence-electron chi connectivity index (χ0n) is 11.0. The van der Waals surface area contributed by atoms with Crippen molar-refractivity contribution in [2.75, 3.05) is 7.05 Å². The quantitative estimate of drug-likeness (QED) is 0.939. The number of hydrogen-bond acceptors (Lipinski definition) is 3. The summed E-state index contributed by atoms with van der Waals surface area (Å²) in [6.45, 7) is 3.69. The molecule has 1 aromatic heterocycles. The number of hydrogen-bond donors (Lipinski definition) is 1. The number of carbonyl (C=O) groups excluding carboxylic acids is 1. The standard InChI is InChI=1S/C13H15ClN4O/c1-8(10-5-4-6-11(14)7-10)18(3)13(19)12-15-9(2)16-17-12/h4-8H,1-3H3,(H,15,16,17). The van der Waals surface area contributed by atoms with Crippen molar-refractivity contribution in [3.8, 4) is 0 Å². The molecule has 0 aliphatic heterocycles. The Balaban J connectivity index is 2.19. The monoisotopic (exact) mass is 278 g/mol. The lowest BCUT2D eigenvalue weighted by atomic mass is 10.1. The number of aryl methyl sites for hydroxylation is 1. The molecule has 0 radical (unpaired) electrons. The van der Waals surface area contributed by atoms with Crippen LogP contribution < -0.4 is 0 Å². The van der Waals surface area contributed by atoms with Gasteiger partial charge in [0, 0.05) is 12.1 Å². The summed E-state index contributed by atoms with van der Waals surface area (Å²) in [6, 6.07) is 7.34. The van der Waals surface area contributed by atoms with Crippen LogP contribution in [-0.4, -0.2) is 33.0 Å². The van der Waals surface area contributed by atoms with E-state index in [1.807, 2.05) is 25.1 Å². The molecule has 0 saturated carbocycles. The fourth-order valence-corrected chi connectivity index (χ4v) is 1.96. The van der Waals surface area contributed by atoms with E-state index in [2.05, 4.69) is 15.2 Å². The van der Waals surface area contributed by atoms with Crippen molar-refractivity contribution < 1.29 is 4.79 Å². The Morgan fingerprint density at radius 3 is 2.79 bits per heavy atom. The zero-order chi connectivity index (χ0) is 14.0. The zero-order valence-corrected chi connectivity index (χ0v) is 11.8. The van der Waals surface area contributed by atoms with Gasteiger partial charge in [0.05, 0.1) is 6.04 Å². The maximum absolute atomic E-state index is 12.2. The summed E-state index contributed by atoms with van der Waals surface area (Å²) in [5, 5.41) is 7.19. The van der Waals surface area contributed by atoms with E-state index in [9.17, 15) is 4.79 Å². The number of aromatic amines is 1. The number of aromatic nitrogens is 3. The van der Waals surface area contributed by atoms with Crippen LogP contribution in [0.4, 0.5) is 0 Å². The number of halogens is 1. The number of carbonyl (C=O) groups is 1. The van der Waals surface area contributed by atoms with Gasteiger partial charge in [0.2, 0.25) is 5.82 Å². The van der Waals surface area contributed by atoms with Crippen LogP contribution in [-0.2, 0) is 0 Å². The fourth-order valence-electron chi connectivity index (χ4n) is 1.76. The lowest BCUT2D eigenvalue weighted by Gasteiger charge is -2.24. The molecule has 0 bridgehead atoms. The largest absolute Gasteiger partial charge is 0.332 e. The van der Waals surface area contributed by atoms with Crippen LogP contribution in [0.5, 0.6) is 0 Å². The molecule has 6 heteroatoms. The predicted molar refractivity (Wildman–Crippen MR) is 73.1 cm³/mol. The second kappa shape index (κ2) is 5.40. The molecule has 1 aromatic carbocycles. The highest BCUT2D eigenvalue weighted by atomic mass is 35.5. The highest BCUT2D eigenvalue weighted by Gasteiger charge is 2.22. The van der Waals surface area contributed by atoms with Crippen molar-refractivity contribution >= 4 is 17.5 Å². The highest BCUT2D eigenvalue weighted by molar-refractivity contribution is 6.30. The van der Waals surface area contributed by atoms with E-state index < -0.39 is 0 Å². The van der Waals surface area contributed by atoms with Crippen molar-refractivity contribution in [3.05, 3.63) is 46.5 Å². The summed E-state index contributed by atoms with van der Waals surface area (Å²) >= 11 is 5.96. The third-order valence-electron chi connectivity index (χ3n) is 3.02. The van der Waals surface area contributed by atoms with Gasteiger partial charge in [0.15, 0.2) is 0 Å². The molecule has 0 spiro atoms. The summed E-state index contributed by atoms with van der Waals surface area (Å²) in [5.74, 6) is 0.567. The van der Waals surface area contributed by atoms with Crippen LogP contribution in [0.3, 0.4) is 0 Å². The Labute approximate surface area is 116 Å². The van der Waals surface area contributed by atoms with Crippen LogP contribution in [0.25, 0.3) is 0 Å². The Bertz CT molecular complexity index is 596. The topological polar surface area (TPSA) is 61.9 Å². The average Bonchev–Trinajstić information content (AvgIpc) is 2.83. The van der Waals surface area contributed by atoms with E-state index >= 15 is 0 Å². The van der Waals surface area contributed by atoms with Gasteiger partial charge in [-0.15, -0.1) is 5.10 Å². The minimum absolute atomic E-state index is 0.106. The number of nitrogens with zero attached hydrogens (tertiary/aromatic N) is 3. The lowest BCUT2D eigenvalue weighted by molar-refractivity contribution is 0.0730. The first-order valence-corrected chi connectivity index (χ1v) is 6.28. The van der Waals surface area contributed by atoms with Gasteiger partial charge in [-0.25, -0.2) is 4.98 Å². The third kappa shape index (κ3) is 2.93. The maximum atomic E-state index is 12.2. The van der Waals surface area contributed by atoms with Gasteiger partial charge in [-0.2, -0.15) is 0 Å². The Kier molecular flexibility index (Phi) is 3.85. The molecule has 2 rings (SSSR count). The van der Waals surface area contributed by atoms with Gasteiger partial charge >= 0.3 is 0 Å². The SMILES string of the molecule is Cc1nc(C(=O)N(C)C(C)c2cccc(Cl)c2)n[nH]1. The predicted octanol–water partition coefficient (Wildman–Crippen LogP) is 2.60. The van der Waals surface area contributed by atoms with Crippen molar-refractivity contribution in [1.82, 2.24) is 20.1 Å². The average molecular weight is 279 g/mol. The number of rotatable bonds is 3. The first-order valence-electron chi connectivity index (χ1n) is 5.90. The first kappa shape index (κ1) is 13.5. The molecule has 1 atom stereocenters. The molecule has 0 fully saturated rings. The Hall–Kier alpha value is -1.88. The van der Waals surface area contributed by atoms with Gasteiger partial charge in [-0.3, -0.25) is 9.89 Å². The normalized spacial score (nSPS) is 12.2. The molecular weight excluding hydrogens is 264 g/mol. The molecular formula is C13H15ClN4O. The molecule has 1 N–H and O–H groups in total. The van der Waals surface area contributed by atoms with Crippen LogP contribution in [0.15, 0.2) is 24.3 Å². The van der Waals surface area contributed by atoms with E-state index in [0.29, 0.717) is 10.8 Å². The Morgan fingerprint density at radius 2 is 2.21 bits per heavy atom.